The summed E-state index contributed by atoms with van der Waals surface area (Å²) in [6.07, 6.45) is 0.980. The number of fused-ring (bicyclic) bond motifs is 1. The maximum absolute atomic E-state index is 5.92. The molecule has 0 aromatic heterocycles. The van der Waals surface area contributed by atoms with Crippen LogP contribution in [0.2, 0.25) is 5.02 Å². The molecule has 0 bridgehead atoms. The van der Waals surface area contributed by atoms with Gasteiger partial charge in [0.05, 0.1) is 0 Å². The van der Waals surface area contributed by atoms with E-state index in [0.717, 1.165) is 29.2 Å². The van der Waals surface area contributed by atoms with Gasteiger partial charge in [0.25, 0.3) is 0 Å². The first-order valence-electron chi connectivity index (χ1n) is 4.06. The lowest BCUT2D eigenvalue weighted by molar-refractivity contribution is 0.655. The summed E-state index contributed by atoms with van der Waals surface area (Å²) in [5, 5.41) is 4.04. The third-order valence-electron chi connectivity index (χ3n) is 2.18. The van der Waals surface area contributed by atoms with Crippen LogP contribution in [-0.2, 0) is 0 Å². The lowest BCUT2D eigenvalue weighted by atomic mass is 9.99. The highest BCUT2D eigenvalue weighted by molar-refractivity contribution is 6.30. The third-order valence-corrected chi connectivity index (χ3v) is 2.42. The Morgan fingerprint density at radius 2 is 2.33 bits per heavy atom. The predicted molar refractivity (Wildman–Crippen MR) is 51.5 cm³/mol. The zero-order valence-corrected chi connectivity index (χ0v) is 7.43. The molecule has 0 radical (unpaired) electrons. The highest BCUT2D eigenvalue weighted by Crippen LogP contribution is 2.30. The van der Waals surface area contributed by atoms with Crippen LogP contribution in [0.3, 0.4) is 0 Å². The molecule has 0 spiro atoms. The van der Waals surface area contributed by atoms with Gasteiger partial charge in [-0.05, 0) is 30.2 Å². The van der Waals surface area contributed by atoms with Gasteiger partial charge in [0.2, 0.25) is 0 Å². The largest absolute Gasteiger partial charge is 0.385 e. The van der Waals surface area contributed by atoms with Crippen molar-refractivity contribution in [3.63, 3.8) is 0 Å². The Hall–Kier alpha value is -0.730. The minimum atomic E-state index is 0.139. The van der Waals surface area contributed by atoms with Crippen molar-refractivity contribution < 1.29 is 0 Å². The van der Waals surface area contributed by atoms with Gasteiger partial charge in [0, 0.05) is 23.3 Å². The monoisotopic (exact) mass is 182 g/mol. The van der Waals surface area contributed by atoms with Crippen LogP contribution in [0, 0.1) is 0 Å². The minimum absolute atomic E-state index is 0.139. The first-order valence-corrected chi connectivity index (χ1v) is 4.44. The Balaban J connectivity index is 2.47. The summed E-state index contributed by atoms with van der Waals surface area (Å²) >= 11 is 5.86. The molecular weight excluding hydrogens is 172 g/mol. The fourth-order valence-electron chi connectivity index (χ4n) is 1.52. The van der Waals surface area contributed by atoms with E-state index in [-0.39, 0.29) is 6.04 Å². The molecule has 0 amide bonds. The van der Waals surface area contributed by atoms with E-state index in [0.29, 0.717) is 0 Å². The van der Waals surface area contributed by atoms with E-state index in [1.54, 1.807) is 0 Å². The molecule has 0 saturated heterocycles. The van der Waals surface area contributed by atoms with E-state index in [1.165, 1.54) is 0 Å². The Morgan fingerprint density at radius 1 is 1.50 bits per heavy atom. The Morgan fingerprint density at radius 3 is 3.17 bits per heavy atom. The van der Waals surface area contributed by atoms with Crippen molar-refractivity contribution in [1.82, 2.24) is 0 Å². The number of anilines is 1. The summed E-state index contributed by atoms with van der Waals surface area (Å²) in [5.74, 6) is 0. The molecule has 2 rings (SSSR count). The molecule has 1 aromatic carbocycles. The molecule has 2 nitrogen and oxygen atoms in total. The average Bonchev–Trinajstić information content (AvgIpc) is 2.07. The number of nitrogens with two attached hydrogens (primary N) is 1. The van der Waals surface area contributed by atoms with Crippen LogP contribution in [0.5, 0.6) is 0 Å². The summed E-state index contributed by atoms with van der Waals surface area (Å²) in [4.78, 5) is 0. The first kappa shape index (κ1) is 7.90. The number of hydrogen-bond acceptors (Lipinski definition) is 2. The van der Waals surface area contributed by atoms with Gasteiger partial charge in [0.1, 0.15) is 0 Å². The summed E-state index contributed by atoms with van der Waals surface area (Å²) in [6, 6.07) is 5.94. The quantitative estimate of drug-likeness (QED) is 0.646. The van der Waals surface area contributed by atoms with Crippen LogP contribution in [0.1, 0.15) is 18.0 Å². The number of benzene rings is 1. The van der Waals surface area contributed by atoms with Crippen LogP contribution < -0.4 is 11.1 Å². The van der Waals surface area contributed by atoms with Crippen molar-refractivity contribution >= 4 is 17.3 Å². The number of halogens is 1. The molecule has 1 aliphatic heterocycles. The third kappa shape index (κ3) is 1.28. The maximum Gasteiger partial charge on any atom is 0.0410 e. The van der Waals surface area contributed by atoms with Crippen molar-refractivity contribution in [3.8, 4) is 0 Å². The first-order chi connectivity index (χ1) is 5.77. The van der Waals surface area contributed by atoms with Gasteiger partial charge >= 0.3 is 0 Å². The number of hydrogen-bond donors (Lipinski definition) is 2. The van der Waals surface area contributed by atoms with Crippen molar-refractivity contribution in [3.05, 3.63) is 28.8 Å². The van der Waals surface area contributed by atoms with Gasteiger partial charge in [-0.15, -0.1) is 0 Å². The van der Waals surface area contributed by atoms with Crippen LogP contribution in [0.25, 0.3) is 0 Å². The average molecular weight is 183 g/mol. The molecule has 0 fully saturated rings. The Labute approximate surface area is 76.7 Å². The molecule has 0 aliphatic carbocycles. The Bertz CT molecular complexity index is 299. The molecular formula is C9H11ClN2. The summed E-state index contributed by atoms with van der Waals surface area (Å²) < 4.78 is 0. The van der Waals surface area contributed by atoms with Crippen molar-refractivity contribution in [2.75, 3.05) is 11.9 Å². The maximum atomic E-state index is 5.92. The lowest BCUT2D eigenvalue weighted by Gasteiger charge is -2.23. The molecule has 0 unspecified atom stereocenters. The number of rotatable bonds is 0. The molecule has 1 heterocycles. The highest BCUT2D eigenvalue weighted by atomic mass is 35.5. The topological polar surface area (TPSA) is 38.0 Å². The molecule has 3 heteroatoms. The summed E-state index contributed by atoms with van der Waals surface area (Å²) in [7, 11) is 0. The van der Waals surface area contributed by atoms with E-state index >= 15 is 0 Å². The molecule has 0 saturated carbocycles. The van der Waals surface area contributed by atoms with E-state index in [4.69, 9.17) is 17.3 Å². The van der Waals surface area contributed by atoms with Crippen molar-refractivity contribution in [1.29, 1.82) is 0 Å². The van der Waals surface area contributed by atoms with Gasteiger partial charge in [-0.25, -0.2) is 0 Å². The van der Waals surface area contributed by atoms with Gasteiger partial charge in [-0.3, -0.25) is 0 Å². The van der Waals surface area contributed by atoms with Gasteiger partial charge in [-0.1, -0.05) is 11.6 Å². The second-order valence-electron chi connectivity index (χ2n) is 3.05. The van der Waals surface area contributed by atoms with E-state index in [2.05, 4.69) is 5.32 Å². The van der Waals surface area contributed by atoms with Gasteiger partial charge in [-0.2, -0.15) is 0 Å². The fourth-order valence-corrected chi connectivity index (χ4v) is 1.70. The molecule has 1 atom stereocenters. The normalized spacial score (nSPS) is 21.3. The fraction of sp³-hybridized carbons (Fsp3) is 0.333. The van der Waals surface area contributed by atoms with E-state index < -0.39 is 0 Å². The van der Waals surface area contributed by atoms with Crippen LogP contribution in [0.4, 0.5) is 5.69 Å². The highest BCUT2D eigenvalue weighted by Gasteiger charge is 2.15. The smallest absolute Gasteiger partial charge is 0.0410 e. The lowest BCUT2D eigenvalue weighted by Crippen LogP contribution is -2.22. The van der Waals surface area contributed by atoms with Crippen LogP contribution in [-0.4, -0.2) is 6.54 Å². The van der Waals surface area contributed by atoms with Crippen molar-refractivity contribution in [2.45, 2.75) is 12.5 Å². The van der Waals surface area contributed by atoms with Gasteiger partial charge < -0.3 is 11.1 Å². The Kier molecular flexibility index (Phi) is 1.95. The van der Waals surface area contributed by atoms with Gasteiger partial charge in [0.15, 0.2) is 0 Å². The molecule has 12 heavy (non-hydrogen) atoms. The molecule has 3 N–H and O–H groups in total. The SMILES string of the molecule is N[C@@H]1CCNc2ccc(Cl)cc21. The summed E-state index contributed by atoms with van der Waals surface area (Å²) in [5.41, 5.74) is 8.17. The minimum Gasteiger partial charge on any atom is -0.385 e. The summed E-state index contributed by atoms with van der Waals surface area (Å²) in [6.45, 7) is 0.954. The second kappa shape index (κ2) is 2.96. The zero-order chi connectivity index (χ0) is 8.55. The standard InChI is InChI=1S/C9H11ClN2/c10-6-1-2-9-7(5-6)8(11)3-4-12-9/h1-2,5,8,12H,3-4,11H2/t8-/m1/s1. The van der Waals surface area contributed by atoms with E-state index in [9.17, 15) is 0 Å². The van der Waals surface area contributed by atoms with Crippen molar-refractivity contribution in [2.24, 2.45) is 5.73 Å². The number of nitrogens with one attached hydrogen (secondary N) is 1. The second-order valence-corrected chi connectivity index (χ2v) is 3.49. The molecule has 1 aliphatic rings. The van der Waals surface area contributed by atoms with Crippen LogP contribution in [0.15, 0.2) is 18.2 Å². The predicted octanol–water partition coefficient (Wildman–Crippen LogP) is 2.16. The van der Waals surface area contributed by atoms with Crippen LogP contribution >= 0.6 is 11.6 Å². The zero-order valence-electron chi connectivity index (χ0n) is 6.68. The molecule has 1 aromatic rings. The molecule has 64 valence electrons. The van der Waals surface area contributed by atoms with E-state index in [1.807, 2.05) is 18.2 Å².